The standard InChI is InChI=1S/C14H29N3O/c1-14(2,17-9-7-15-8-10-17)12-16-6-5-13-4-3-11-18-13/h13,15-16H,3-12H2,1-2H3. The van der Waals surface area contributed by atoms with Gasteiger partial charge in [0.15, 0.2) is 0 Å². The lowest BCUT2D eigenvalue weighted by Crippen LogP contribution is -2.57. The van der Waals surface area contributed by atoms with E-state index in [1.807, 2.05) is 0 Å². The van der Waals surface area contributed by atoms with Crippen molar-refractivity contribution in [2.24, 2.45) is 0 Å². The average Bonchev–Trinajstić information content (AvgIpc) is 2.89. The summed E-state index contributed by atoms with van der Waals surface area (Å²) in [5, 5.41) is 7.02. The van der Waals surface area contributed by atoms with Crippen LogP contribution in [0.2, 0.25) is 0 Å². The topological polar surface area (TPSA) is 36.5 Å². The summed E-state index contributed by atoms with van der Waals surface area (Å²) in [5.41, 5.74) is 0.263. The molecule has 0 amide bonds. The van der Waals surface area contributed by atoms with Gasteiger partial charge in [0, 0.05) is 44.9 Å². The molecule has 1 atom stereocenters. The maximum atomic E-state index is 5.64. The van der Waals surface area contributed by atoms with Crippen LogP contribution in [0.1, 0.15) is 33.1 Å². The van der Waals surface area contributed by atoms with E-state index in [4.69, 9.17) is 4.74 Å². The highest BCUT2D eigenvalue weighted by molar-refractivity contribution is 4.86. The van der Waals surface area contributed by atoms with E-state index in [-0.39, 0.29) is 5.54 Å². The van der Waals surface area contributed by atoms with E-state index in [1.165, 1.54) is 25.9 Å². The molecule has 0 spiro atoms. The van der Waals surface area contributed by atoms with Gasteiger partial charge in [0.1, 0.15) is 0 Å². The van der Waals surface area contributed by atoms with Crippen molar-refractivity contribution in [2.45, 2.75) is 44.8 Å². The fourth-order valence-electron chi connectivity index (χ4n) is 2.91. The van der Waals surface area contributed by atoms with Crippen molar-refractivity contribution in [3.05, 3.63) is 0 Å². The van der Waals surface area contributed by atoms with Crippen LogP contribution >= 0.6 is 0 Å². The van der Waals surface area contributed by atoms with Crippen LogP contribution in [0.5, 0.6) is 0 Å². The molecule has 0 aromatic rings. The summed E-state index contributed by atoms with van der Waals surface area (Å²) in [7, 11) is 0. The summed E-state index contributed by atoms with van der Waals surface area (Å²) in [6.07, 6.45) is 4.18. The number of nitrogens with zero attached hydrogens (tertiary/aromatic N) is 1. The normalized spacial score (nSPS) is 26.7. The van der Waals surface area contributed by atoms with Gasteiger partial charge in [-0.15, -0.1) is 0 Å². The minimum absolute atomic E-state index is 0.263. The molecule has 2 fully saturated rings. The minimum atomic E-state index is 0.263. The van der Waals surface area contributed by atoms with E-state index in [2.05, 4.69) is 29.4 Å². The van der Waals surface area contributed by atoms with E-state index >= 15 is 0 Å². The van der Waals surface area contributed by atoms with Crippen LogP contribution in [0.4, 0.5) is 0 Å². The van der Waals surface area contributed by atoms with Crippen molar-refractivity contribution >= 4 is 0 Å². The third-order valence-electron chi connectivity index (χ3n) is 4.20. The van der Waals surface area contributed by atoms with Crippen LogP contribution in [-0.2, 0) is 4.74 Å². The molecule has 4 heteroatoms. The highest BCUT2D eigenvalue weighted by Gasteiger charge is 2.27. The zero-order valence-corrected chi connectivity index (χ0v) is 12.0. The molecule has 0 radical (unpaired) electrons. The van der Waals surface area contributed by atoms with Crippen molar-refractivity contribution in [2.75, 3.05) is 45.9 Å². The van der Waals surface area contributed by atoms with Crippen molar-refractivity contribution in [3.8, 4) is 0 Å². The Morgan fingerprint density at radius 2 is 2.11 bits per heavy atom. The Bertz CT molecular complexity index is 233. The molecule has 2 aliphatic rings. The Morgan fingerprint density at radius 3 is 2.78 bits per heavy atom. The predicted octanol–water partition coefficient (Wildman–Crippen LogP) is 0.829. The summed E-state index contributed by atoms with van der Waals surface area (Å²) in [5.74, 6) is 0. The predicted molar refractivity (Wildman–Crippen MR) is 75.0 cm³/mol. The molecule has 1 unspecified atom stereocenters. The quantitative estimate of drug-likeness (QED) is 0.689. The number of hydrogen-bond acceptors (Lipinski definition) is 4. The van der Waals surface area contributed by atoms with Crippen molar-refractivity contribution in [1.82, 2.24) is 15.5 Å². The third-order valence-corrected chi connectivity index (χ3v) is 4.20. The van der Waals surface area contributed by atoms with E-state index in [9.17, 15) is 0 Å². The number of rotatable bonds is 6. The van der Waals surface area contributed by atoms with Gasteiger partial charge in [-0.1, -0.05) is 0 Å². The molecule has 2 heterocycles. The van der Waals surface area contributed by atoms with Gasteiger partial charge in [-0.3, -0.25) is 4.90 Å². The van der Waals surface area contributed by atoms with Crippen LogP contribution in [0.25, 0.3) is 0 Å². The van der Waals surface area contributed by atoms with Crippen molar-refractivity contribution in [1.29, 1.82) is 0 Å². The van der Waals surface area contributed by atoms with Gasteiger partial charge in [0.25, 0.3) is 0 Å². The molecule has 2 N–H and O–H groups in total. The van der Waals surface area contributed by atoms with Crippen LogP contribution < -0.4 is 10.6 Å². The maximum absolute atomic E-state index is 5.64. The van der Waals surface area contributed by atoms with Crippen LogP contribution in [0.3, 0.4) is 0 Å². The Kier molecular flexibility index (Phi) is 5.42. The molecule has 0 aromatic heterocycles. The fourth-order valence-corrected chi connectivity index (χ4v) is 2.91. The molecule has 18 heavy (non-hydrogen) atoms. The largest absolute Gasteiger partial charge is 0.378 e. The smallest absolute Gasteiger partial charge is 0.0588 e. The van der Waals surface area contributed by atoms with E-state index in [1.54, 1.807) is 0 Å². The average molecular weight is 255 g/mol. The van der Waals surface area contributed by atoms with Gasteiger partial charge in [0.2, 0.25) is 0 Å². The van der Waals surface area contributed by atoms with Gasteiger partial charge < -0.3 is 15.4 Å². The van der Waals surface area contributed by atoms with Gasteiger partial charge in [0.05, 0.1) is 6.10 Å². The second kappa shape index (κ2) is 6.85. The first-order valence-corrected chi connectivity index (χ1v) is 7.46. The van der Waals surface area contributed by atoms with Crippen LogP contribution in [0, 0.1) is 0 Å². The lowest BCUT2D eigenvalue weighted by Gasteiger charge is -2.41. The summed E-state index contributed by atoms with van der Waals surface area (Å²) >= 11 is 0. The zero-order valence-electron chi connectivity index (χ0n) is 12.0. The van der Waals surface area contributed by atoms with Gasteiger partial charge in [-0.2, -0.15) is 0 Å². The number of nitrogens with one attached hydrogen (secondary N) is 2. The fraction of sp³-hybridized carbons (Fsp3) is 1.00. The third kappa shape index (κ3) is 4.19. The Hall–Kier alpha value is -0.160. The van der Waals surface area contributed by atoms with Gasteiger partial charge in [-0.05, 0) is 39.7 Å². The van der Waals surface area contributed by atoms with Crippen molar-refractivity contribution < 1.29 is 4.74 Å². The number of ether oxygens (including phenoxy) is 1. The summed E-state index contributed by atoms with van der Waals surface area (Å²) in [6, 6.07) is 0. The lowest BCUT2D eigenvalue weighted by molar-refractivity contribution is 0.0920. The molecule has 4 nitrogen and oxygen atoms in total. The second-order valence-electron chi connectivity index (χ2n) is 6.15. The SMILES string of the molecule is CC(C)(CNCCC1CCCO1)N1CCNCC1. The Balaban J connectivity index is 1.61. The summed E-state index contributed by atoms with van der Waals surface area (Å²) < 4.78 is 5.64. The van der Waals surface area contributed by atoms with Crippen LogP contribution in [0.15, 0.2) is 0 Å². The lowest BCUT2D eigenvalue weighted by atomic mass is 10.0. The summed E-state index contributed by atoms with van der Waals surface area (Å²) in [4.78, 5) is 2.59. The van der Waals surface area contributed by atoms with E-state index in [0.717, 1.165) is 39.2 Å². The molecule has 0 bridgehead atoms. The first-order chi connectivity index (χ1) is 8.68. The molecular weight excluding hydrogens is 226 g/mol. The Morgan fingerprint density at radius 1 is 1.33 bits per heavy atom. The minimum Gasteiger partial charge on any atom is -0.378 e. The molecule has 2 saturated heterocycles. The highest BCUT2D eigenvalue weighted by atomic mass is 16.5. The molecule has 0 aromatic carbocycles. The second-order valence-corrected chi connectivity index (χ2v) is 6.15. The van der Waals surface area contributed by atoms with Crippen LogP contribution in [-0.4, -0.2) is 62.4 Å². The maximum Gasteiger partial charge on any atom is 0.0588 e. The van der Waals surface area contributed by atoms with E-state index in [0.29, 0.717) is 6.10 Å². The summed E-state index contributed by atoms with van der Waals surface area (Å²) in [6.45, 7) is 12.4. The molecule has 106 valence electrons. The van der Waals surface area contributed by atoms with E-state index < -0.39 is 0 Å². The monoisotopic (exact) mass is 255 g/mol. The molecule has 0 saturated carbocycles. The number of piperazine rings is 1. The molecule has 0 aliphatic carbocycles. The molecule has 2 rings (SSSR count). The first-order valence-electron chi connectivity index (χ1n) is 7.46. The first kappa shape index (κ1) is 14.3. The molecule has 2 aliphatic heterocycles. The van der Waals surface area contributed by atoms with Crippen molar-refractivity contribution in [3.63, 3.8) is 0 Å². The van der Waals surface area contributed by atoms with Gasteiger partial charge in [-0.25, -0.2) is 0 Å². The highest BCUT2D eigenvalue weighted by Crippen LogP contribution is 2.16. The van der Waals surface area contributed by atoms with Gasteiger partial charge >= 0.3 is 0 Å². The zero-order chi connectivity index (χ0) is 12.8. The Labute approximate surface area is 111 Å². The molecular formula is C14H29N3O. The number of hydrogen-bond donors (Lipinski definition) is 2.